The van der Waals surface area contributed by atoms with Gasteiger partial charge in [-0.15, -0.1) is 6.58 Å². The normalized spacial score (nSPS) is 10.3. The molecule has 0 aliphatic carbocycles. The van der Waals surface area contributed by atoms with E-state index in [1.165, 1.54) is 0 Å². The molecule has 0 aliphatic heterocycles. The van der Waals surface area contributed by atoms with Crippen molar-refractivity contribution in [3.8, 4) is 0 Å². The van der Waals surface area contributed by atoms with Crippen LogP contribution in [-0.2, 0) is 6.54 Å². The average Bonchev–Trinajstić information content (AvgIpc) is 2.47. The Morgan fingerprint density at radius 1 is 1.25 bits per heavy atom. The van der Waals surface area contributed by atoms with Crippen molar-refractivity contribution < 1.29 is 0 Å². The molecule has 60 valence electrons. The van der Waals surface area contributed by atoms with Gasteiger partial charge >= 0.3 is 0 Å². The van der Waals surface area contributed by atoms with Crippen LogP contribution < -0.4 is 0 Å². The lowest BCUT2D eigenvalue weighted by molar-refractivity contribution is 0.612. The highest BCUT2D eigenvalue weighted by Gasteiger charge is 1.97. The van der Waals surface area contributed by atoms with Gasteiger partial charge < -0.3 is 0 Å². The van der Waals surface area contributed by atoms with Gasteiger partial charge in [-0.2, -0.15) is 15.0 Å². The Bertz CT molecular complexity index is 370. The Balaban J connectivity index is 2.54. The van der Waals surface area contributed by atoms with Crippen LogP contribution in [0.1, 0.15) is 0 Å². The number of aromatic nitrogens is 3. The van der Waals surface area contributed by atoms with Crippen molar-refractivity contribution in [2.45, 2.75) is 6.54 Å². The van der Waals surface area contributed by atoms with E-state index in [0.717, 1.165) is 11.0 Å². The van der Waals surface area contributed by atoms with Gasteiger partial charge in [0.25, 0.3) is 0 Å². The average molecular weight is 159 g/mol. The minimum absolute atomic E-state index is 0.661. The summed E-state index contributed by atoms with van der Waals surface area (Å²) in [6.45, 7) is 4.29. The van der Waals surface area contributed by atoms with Crippen LogP contribution in [0.5, 0.6) is 0 Å². The first-order valence-corrected chi connectivity index (χ1v) is 3.81. The third-order valence-electron chi connectivity index (χ3n) is 1.62. The molecule has 12 heavy (non-hydrogen) atoms. The molecule has 0 saturated carbocycles. The van der Waals surface area contributed by atoms with E-state index in [1.54, 1.807) is 10.9 Å². The molecule has 0 aliphatic rings. The molecule has 0 saturated heterocycles. The third kappa shape index (κ3) is 1.09. The molecule has 2 aromatic rings. The van der Waals surface area contributed by atoms with E-state index in [4.69, 9.17) is 0 Å². The first-order chi connectivity index (χ1) is 5.90. The van der Waals surface area contributed by atoms with E-state index in [1.807, 2.05) is 24.3 Å². The zero-order valence-electron chi connectivity index (χ0n) is 6.64. The van der Waals surface area contributed by atoms with Gasteiger partial charge in [0.05, 0.1) is 6.54 Å². The topological polar surface area (TPSA) is 30.7 Å². The summed E-state index contributed by atoms with van der Waals surface area (Å²) in [7, 11) is 0. The lowest BCUT2D eigenvalue weighted by atomic mass is 10.3. The standard InChI is InChI=1S/C9H9N3/c1-2-7-12-10-8-5-3-4-6-9(8)11-12/h2-6H,1,7H2. The molecule has 1 aromatic carbocycles. The van der Waals surface area contributed by atoms with Crippen molar-refractivity contribution in [3.05, 3.63) is 36.9 Å². The highest BCUT2D eigenvalue weighted by molar-refractivity contribution is 5.72. The molecule has 1 heterocycles. The molecule has 3 heteroatoms. The van der Waals surface area contributed by atoms with Crippen LogP contribution in [0.25, 0.3) is 11.0 Å². The van der Waals surface area contributed by atoms with Crippen molar-refractivity contribution in [3.63, 3.8) is 0 Å². The zero-order chi connectivity index (χ0) is 8.39. The predicted octanol–water partition coefficient (Wildman–Crippen LogP) is 1.62. The van der Waals surface area contributed by atoms with E-state index < -0.39 is 0 Å². The van der Waals surface area contributed by atoms with Gasteiger partial charge in [0, 0.05) is 0 Å². The summed E-state index contributed by atoms with van der Waals surface area (Å²) >= 11 is 0. The molecule has 2 rings (SSSR count). The monoisotopic (exact) mass is 159 g/mol. The molecule has 3 nitrogen and oxygen atoms in total. The molecule has 0 N–H and O–H groups in total. The second kappa shape index (κ2) is 2.77. The SMILES string of the molecule is C=CCn1nc2ccccc2n1. The van der Waals surface area contributed by atoms with Crippen molar-refractivity contribution >= 4 is 11.0 Å². The largest absolute Gasteiger partial charge is 0.180 e. The van der Waals surface area contributed by atoms with Crippen LogP contribution in [0.2, 0.25) is 0 Å². The Morgan fingerprint density at radius 2 is 1.83 bits per heavy atom. The van der Waals surface area contributed by atoms with Crippen molar-refractivity contribution in [2.24, 2.45) is 0 Å². The fourth-order valence-corrected chi connectivity index (χ4v) is 1.10. The van der Waals surface area contributed by atoms with Gasteiger partial charge in [-0.05, 0) is 12.1 Å². The summed E-state index contributed by atoms with van der Waals surface area (Å²) in [6, 6.07) is 7.80. The third-order valence-corrected chi connectivity index (χ3v) is 1.62. The number of fused-ring (bicyclic) bond motifs is 1. The summed E-state index contributed by atoms with van der Waals surface area (Å²) in [5, 5.41) is 8.47. The number of nitrogens with zero attached hydrogens (tertiary/aromatic N) is 3. The van der Waals surface area contributed by atoms with Crippen LogP contribution in [-0.4, -0.2) is 15.0 Å². The number of allylic oxidation sites excluding steroid dienone is 1. The van der Waals surface area contributed by atoms with Crippen LogP contribution in [0.4, 0.5) is 0 Å². The lowest BCUT2D eigenvalue weighted by Crippen LogP contribution is -1.98. The van der Waals surface area contributed by atoms with Gasteiger partial charge in [-0.1, -0.05) is 18.2 Å². The Morgan fingerprint density at radius 3 is 2.33 bits per heavy atom. The highest BCUT2D eigenvalue weighted by atomic mass is 15.5. The van der Waals surface area contributed by atoms with E-state index in [9.17, 15) is 0 Å². The molecule has 0 atom stereocenters. The summed E-state index contributed by atoms with van der Waals surface area (Å²) in [6.07, 6.45) is 1.78. The summed E-state index contributed by atoms with van der Waals surface area (Å²) in [4.78, 5) is 1.64. The minimum atomic E-state index is 0.661. The van der Waals surface area contributed by atoms with Gasteiger partial charge in [0.15, 0.2) is 0 Å². The van der Waals surface area contributed by atoms with Crippen LogP contribution in [0.15, 0.2) is 36.9 Å². The molecule has 0 bridgehead atoms. The maximum absolute atomic E-state index is 4.24. The molecule has 0 fully saturated rings. The second-order valence-corrected chi connectivity index (χ2v) is 2.53. The van der Waals surface area contributed by atoms with E-state index in [-0.39, 0.29) is 0 Å². The first-order valence-electron chi connectivity index (χ1n) is 3.81. The Kier molecular flexibility index (Phi) is 1.63. The van der Waals surface area contributed by atoms with Crippen molar-refractivity contribution in [2.75, 3.05) is 0 Å². The van der Waals surface area contributed by atoms with E-state index >= 15 is 0 Å². The van der Waals surface area contributed by atoms with Crippen LogP contribution in [0, 0.1) is 0 Å². The first kappa shape index (κ1) is 7.03. The molecular formula is C9H9N3. The molecule has 0 radical (unpaired) electrons. The number of hydrogen-bond acceptors (Lipinski definition) is 2. The number of rotatable bonds is 2. The smallest absolute Gasteiger partial charge is 0.113 e. The van der Waals surface area contributed by atoms with Gasteiger partial charge in [-0.25, -0.2) is 0 Å². The fraction of sp³-hybridized carbons (Fsp3) is 0.111. The Hall–Kier alpha value is -1.64. The minimum Gasteiger partial charge on any atom is -0.180 e. The molecule has 0 spiro atoms. The van der Waals surface area contributed by atoms with Crippen LogP contribution in [0.3, 0.4) is 0 Å². The summed E-state index contributed by atoms with van der Waals surface area (Å²) < 4.78 is 0. The fourth-order valence-electron chi connectivity index (χ4n) is 1.10. The molecular weight excluding hydrogens is 150 g/mol. The van der Waals surface area contributed by atoms with Crippen LogP contribution >= 0.6 is 0 Å². The van der Waals surface area contributed by atoms with E-state index in [0.29, 0.717) is 6.54 Å². The summed E-state index contributed by atoms with van der Waals surface area (Å²) in [5.74, 6) is 0. The number of benzene rings is 1. The van der Waals surface area contributed by atoms with Crippen molar-refractivity contribution in [1.29, 1.82) is 0 Å². The highest BCUT2D eigenvalue weighted by Crippen LogP contribution is 2.06. The van der Waals surface area contributed by atoms with Gasteiger partial charge in [0.2, 0.25) is 0 Å². The number of hydrogen-bond donors (Lipinski definition) is 0. The molecule has 0 amide bonds. The Labute approximate surface area is 70.3 Å². The zero-order valence-corrected chi connectivity index (χ0v) is 6.64. The quantitative estimate of drug-likeness (QED) is 0.623. The molecule has 0 unspecified atom stereocenters. The maximum atomic E-state index is 4.24. The predicted molar refractivity (Wildman–Crippen MR) is 47.7 cm³/mol. The summed E-state index contributed by atoms with van der Waals surface area (Å²) in [5.41, 5.74) is 1.86. The molecule has 1 aromatic heterocycles. The lowest BCUT2D eigenvalue weighted by Gasteiger charge is -1.87. The van der Waals surface area contributed by atoms with Gasteiger partial charge in [-0.3, -0.25) is 0 Å². The van der Waals surface area contributed by atoms with E-state index in [2.05, 4.69) is 16.8 Å². The maximum Gasteiger partial charge on any atom is 0.113 e. The second-order valence-electron chi connectivity index (χ2n) is 2.53. The van der Waals surface area contributed by atoms with Crippen molar-refractivity contribution in [1.82, 2.24) is 15.0 Å². The van der Waals surface area contributed by atoms with Gasteiger partial charge in [0.1, 0.15) is 11.0 Å².